The third-order valence-electron chi connectivity index (χ3n) is 5.73. The summed E-state index contributed by atoms with van der Waals surface area (Å²) < 4.78 is 6.55. The normalized spacial score (nSPS) is 26.0. The molecule has 0 saturated heterocycles. The SMILES string of the molecule is CN1Cc2ccccc2OC2(CCC(N(C)C(=O)c3ncc[nH]3)CC2)C1. The van der Waals surface area contributed by atoms with Crippen LogP contribution in [0.25, 0.3) is 0 Å². The number of carbonyl (C=O) groups is 1. The molecule has 4 rings (SSSR count). The number of imidazole rings is 1. The Hall–Kier alpha value is -2.34. The second-order valence-corrected chi connectivity index (χ2v) is 7.65. The Balaban J connectivity index is 1.46. The molecular formula is C20H26N4O2. The first-order valence-corrected chi connectivity index (χ1v) is 9.28. The average molecular weight is 354 g/mol. The van der Waals surface area contributed by atoms with E-state index in [1.54, 1.807) is 12.4 Å². The van der Waals surface area contributed by atoms with Gasteiger partial charge in [-0.05, 0) is 38.8 Å². The highest BCUT2D eigenvalue weighted by Gasteiger charge is 2.41. The molecule has 1 fully saturated rings. The summed E-state index contributed by atoms with van der Waals surface area (Å²) in [5, 5.41) is 0. The monoisotopic (exact) mass is 354 g/mol. The number of nitrogens with zero attached hydrogens (tertiary/aromatic N) is 3. The fraction of sp³-hybridized carbons (Fsp3) is 0.500. The van der Waals surface area contributed by atoms with Gasteiger partial charge in [-0.1, -0.05) is 18.2 Å². The van der Waals surface area contributed by atoms with Crippen LogP contribution in [0.1, 0.15) is 41.9 Å². The van der Waals surface area contributed by atoms with Crippen molar-refractivity contribution in [2.45, 2.75) is 43.9 Å². The highest BCUT2D eigenvalue weighted by Crippen LogP contribution is 2.39. The van der Waals surface area contributed by atoms with Crippen molar-refractivity contribution in [2.24, 2.45) is 0 Å². The molecule has 0 unspecified atom stereocenters. The molecule has 1 aliphatic carbocycles. The summed E-state index contributed by atoms with van der Waals surface area (Å²) in [5.41, 5.74) is 1.09. The highest BCUT2D eigenvalue weighted by atomic mass is 16.5. The molecule has 0 atom stereocenters. The molecule has 1 amide bonds. The molecule has 6 heteroatoms. The number of para-hydroxylation sites is 1. The van der Waals surface area contributed by atoms with Crippen LogP contribution in [0.2, 0.25) is 0 Å². The zero-order chi connectivity index (χ0) is 18.1. The maximum absolute atomic E-state index is 12.5. The lowest BCUT2D eigenvalue weighted by Gasteiger charge is -2.43. The summed E-state index contributed by atoms with van der Waals surface area (Å²) in [7, 11) is 4.04. The van der Waals surface area contributed by atoms with Gasteiger partial charge in [-0.25, -0.2) is 4.98 Å². The van der Waals surface area contributed by atoms with Crippen LogP contribution in [0.5, 0.6) is 5.75 Å². The Labute approximate surface area is 154 Å². The second-order valence-electron chi connectivity index (χ2n) is 7.65. The van der Waals surface area contributed by atoms with E-state index in [0.717, 1.165) is 44.5 Å². The maximum Gasteiger partial charge on any atom is 0.289 e. The molecule has 26 heavy (non-hydrogen) atoms. The van der Waals surface area contributed by atoms with Gasteiger partial charge in [-0.15, -0.1) is 0 Å². The van der Waals surface area contributed by atoms with Gasteiger partial charge in [0, 0.05) is 44.1 Å². The number of ether oxygens (including phenoxy) is 1. The van der Waals surface area contributed by atoms with Crippen LogP contribution in [-0.2, 0) is 6.54 Å². The summed E-state index contributed by atoms with van der Waals surface area (Å²) >= 11 is 0. The molecule has 1 saturated carbocycles. The van der Waals surface area contributed by atoms with E-state index in [4.69, 9.17) is 4.74 Å². The minimum Gasteiger partial charge on any atom is -0.486 e. The molecule has 1 aromatic heterocycles. The van der Waals surface area contributed by atoms with E-state index < -0.39 is 0 Å². The molecule has 2 heterocycles. The van der Waals surface area contributed by atoms with E-state index in [1.165, 1.54) is 5.56 Å². The third-order valence-corrected chi connectivity index (χ3v) is 5.73. The molecule has 0 radical (unpaired) electrons. The Morgan fingerprint density at radius 3 is 2.85 bits per heavy atom. The maximum atomic E-state index is 12.5. The number of benzene rings is 1. The van der Waals surface area contributed by atoms with Gasteiger partial charge in [0.2, 0.25) is 0 Å². The van der Waals surface area contributed by atoms with Gasteiger partial charge in [0.1, 0.15) is 11.4 Å². The van der Waals surface area contributed by atoms with Gasteiger partial charge in [0.25, 0.3) is 5.91 Å². The van der Waals surface area contributed by atoms with Crippen molar-refractivity contribution >= 4 is 5.91 Å². The number of likely N-dealkylation sites (N-methyl/N-ethyl adjacent to an activating group) is 1. The predicted molar refractivity (Wildman–Crippen MR) is 99.1 cm³/mol. The average Bonchev–Trinajstić information content (AvgIpc) is 3.13. The Morgan fingerprint density at radius 2 is 2.12 bits per heavy atom. The number of fused-ring (bicyclic) bond motifs is 1. The molecule has 1 spiro atoms. The fourth-order valence-corrected chi connectivity index (χ4v) is 4.33. The number of aromatic amines is 1. The third kappa shape index (κ3) is 3.21. The van der Waals surface area contributed by atoms with Gasteiger partial charge in [-0.2, -0.15) is 0 Å². The zero-order valence-electron chi connectivity index (χ0n) is 15.4. The first kappa shape index (κ1) is 17.1. The number of carbonyl (C=O) groups excluding carboxylic acids is 1. The minimum atomic E-state index is -0.160. The molecule has 1 N–H and O–H groups in total. The summed E-state index contributed by atoms with van der Waals surface area (Å²) in [6.45, 7) is 1.84. The first-order valence-electron chi connectivity index (χ1n) is 9.28. The van der Waals surface area contributed by atoms with E-state index >= 15 is 0 Å². The van der Waals surface area contributed by atoms with Crippen LogP contribution in [0.3, 0.4) is 0 Å². The van der Waals surface area contributed by atoms with Crippen molar-refractivity contribution in [3.8, 4) is 5.75 Å². The molecule has 1 aliphatic heterocycles. The van der Waals surface area contributed by atoms with E-state index in [0.29, 0.717) is 5.82 Å². The fourth-order valence-electron chi connectivity index (χ4n) is 4.33. The lowest BCUT2D eigenvalue weighted by Crippen LogP contribution is -2.51. The molecule has 1 aromatic carbocycles. The Kier molecular flexibility index (Phi) is 4.44. The molecule has 6 nitrogen and oxygen atoms in total. The minimum absolute atomic E-state index is 0.0415. The Bertz CT molecular complexity index is 766. The van der Waals surface area contributed by atoms with Crippen LogP contribution < -0.4 is 4.74 Å². The van der Waals surface area contributed by atoms with E-state index in [-0.39, 0.29) is 17.6 Å². The number of H-pyrrole nitrogens is 1. The first-order chi connectivity index (χ1) is 12.6. The van der Waals surface area contributed by atoms with Gasteiger partial charge < -0.3 is 14.6 Å². The summed E-state index contributed by atoms with van der Waals surface area (Å²) in [6, 6.07) is 8.56. The highest BCUT2D eigenvalue weighted by molar-refractivity contribution is 5.90. The van der Waals surface area contributed by atoms with Crippen molar-refractivity contribution in [1.29, 1.82) is 0 Å². The summed E-state index contributed by atoms with van der Waals surface area (Å²) in [5.74, 6) is 1.38. The lowest BCUT2D eigenvalue weighted by atomic mass is 9.81. The van der Waals surface area contributed by atoms with Gasteiger partial charge >= 0.3 is 0 Å². The quantitative estimate of drug-likeness (QED) is 0.901. The van der Waals surface area contributed by atoms with E-state index in [2.05, 4.69) is 40.1 Å². The van der Waals surface area contributed by atoms with Gasteiger partial charge in [0.15, 0.2) is 5.82 Å². The summed E-state index contributed by atoms with van der Waals surface area (Å²) in [4.78, 5) is 23.7. The zero-order valence-corrected chi connectivity index (χ0v) is 15.4. The molecule has 2 aliphatic rings. The van der Waals surface area contributed by atoms with Gasteiger partial charge in [-0.3, -0.25) is 9.69 Å². The van der Waals surface area contributed by atoms with Crippen LogP contribution >= 0.6 is 0 Å². The predicted octanol–water partition coefficient (Wildman–Crippen LogP) is 2.69. The summed E-state index contributed by atoms with van der Waals surface area (Å²) in [6.07, 6.45) is 7.09. The standard InChI is InChI=1S/C20H26N4O2/c1-23-13-15-5-3-4-6-17(15)26-20(14-23)9-7-16(8-10-20)24(2)19(25)18-21-11-12-22-18/h3-6,11-12,16H,7-10,13-14H2,1-2H3,(H,21,22). The van der Waals surface area contributed by atoms with Crippen LogP contribution in [0, 0.1) is 0 Å². The largest absolute Gasteiger partial charge is 0.486 e. The van der Waals surface area contributed by atoms with Gasteiger partial charge in [0.05, 0.1) is 0 Å². The second kappa shape index (κ2) is 6.76. The van der Waals surface area contributed by atoms with Crippen LogP contribution in [-0.4, -0.2) is 58.0 Å². The number of hydrogen-bond donors (Lipinski definition) is 1. The molecular weight excluding hydrogens is 328 g/mol. The lowest BCUT2D eigenvalue weighted by molar-refractivity contribution is -0.00856. The topological polar surface area (TPSA) is 61.5 Å². The van der Waals surface area contributed by atoms with Crippen molar-refractivity contribution < 1.29 is 9.53 Å². The number of aromatic nitrogens is 2. The molecule has 2 aromatic rings. The van der Waals surface area contributed by atoms with Crippen LogP contribution in [0.4, 0.5) is 0 Å². The number of amides is 1. The van der Waals surface area contributed by atoms with Crippen molar-refractivity contribution in [3.05, 3.63) is 48.0 Å². The van der Waals surface area contributed by atoms with Crippen molar-refractivity contribution in [3.63, 3.8) is 0 Å². The van der Waals surface area contributed by atoms with E-state index in [1.807, 2.05) is 18.0 Å². The molecule has 0 bridgehead atoms. The van der Waals surface area contributed by atoms with Crippen LogP contribution in [0.15, 0.2) is 36.7 Å². The van der Waals surface area contributed by atoms with E-state index in [9.17, 15) is 4.79 Å². The number of rotatable bonds is 2. The molecule has 138 valence electrons. The number of nitrogens with one attached hydrogen (secondary N) is 1. The number of hydrogen-bond acceptors (Lipinski definition) is 4. The smallest absolute Gasteiger partial charge is 0.289 e. The van der Waals surface area contributed by atoms with Crippen molar-refractivity contribution in [2.75, 3.05) is 20.6 Å². The van der Waals surface area contributed by atoms with Crippen molar-refractivity contribution in [1.82, 2.24) is 19.8 Å². The Morgan fingerprint density at radius 1 is 1.35 bits per heavy atom.